The lowest BCUT2D eigenvalue weighted by molar-refractivity contribution is -0.137. The van der Waals surface area contributed by atoms with E-state index in [0.717, 1.165) is 12.1 Å². The highest BCUT2D eigenvalue weighted by atomic mass is 32.1. The first kappa shape index (κ1) is 15.8. The van der Waals surface area contributed by atoms with Crippen LogP contribution in [0.4, 0.5) is 13.2 Å². The van der Waals surface area contributed by atoms with Crippen LogP contribution in [-0.4, -0.2) is 11.6 Å². The zero-order valence-electron chi connectivity index (χ0n) is 10.8. The summed E-state index contributed by atoms with van der Waals surface area (Å²) in [5, 5.41) is 0. The third kappa shape index (κ3) is 4.70. The molecule has 0 aliphatic rings. The van der Waals surface area contributed by atoms with Crippen LogP contribution in [0.25, 0.3) is 0 Å². The maximum absolute atomic E-state index is 12.3. The van der Waals surface area contributed by atoms with Gasteiger partial charge in [0.15, 0.2) is 0 Å². The number of hydrogen-bond acceptors (Lipinski definition) is 2. The molecule has 0 fully saturated rings. The Hall–Kier alpha value is -1.30. The molecule has 2 N–H and O–H groups in total. The Labute approximate surface area is 115 Å². The third-order valence-electron chi connectivity index (χ3n) is 2.84. The van der Waals surface area contributed by atoms with Crippen molar-refractivity contribution in [3.63, 3.8) is 0 Å². The van der Waals surface area contributed by atoms with Crippen molar-refractivity contribution in [1.82, 2.24) is 0 Å². The van der Waals surface area contributed by atoms with Gasteiger partial charge in [0.1, 0.15) is 5.75 Å². The van der Waals surface area contributed by atoms with Crippen LogP contribution in [0.1, 0.15) is 25.8 Å². The van der Waals surface area contributed by atoms with Gasteiger partial charge in [-0.25, -0.2) is 0 Å². The Bertz CT molecular complexity index is 440. The zero-order valence-corrected chi connectivity index (χ0v) is 11.6. The average molecular weight is 291 g/mol. The van der Waals surface area contributed by atoms with E-state index in [1.807, 2.05) is 13.8 Å². The molecule has 2 nitrogen and oxygen atoms in total. The van der Waals surface area contributed by atoms with Crippen LogP contribution in [-0.2, 0) is 6.18 Å². The molecule has 0 spiro atoms. The zero-order chi connectivity index (χ0) is 14.7. The fourth-order valence-electron chi connectivity index (χ4n) is 1.29. The van der Waals surface area contributed by atoms with Gasteiger partial charge in [-0.3, -0.25) is 0 Å². The van der Waals surface area contributed by atoms with Gasteiger partial charge in [0.05, 0.1) is 17.2 Å². The van der Waals surface area contributed by atoms with E-state index in [-0.39, 0.29) is 5.41 Å². The maximum Gasteiger partial charge on any atom is 0.416 e. The number of ether oxygens (including phenoxy) is 1. The number of rotatable bonds is 5. The van der Waals surface area contributed by atoms with Crippen molar-refractivity contribution in [2.75, 3.05) is 6.61 Å². The molecule has 0 aliphatic carbocycles. The van der Waals surface area contributed by atoms with Crippen LogP contribution >= 0.6 is 12.2 Å². The van der Waals surface area contributed by atoms with Gasteiger partial charge in [-0.05, 0) is 30.7 Å². The van der Waals surface area contributed by atoms with E-state index in [0.29, 0.717) is 23.8 Å². The lowest BCUT2D eigenvalue weighted by atomic mass is 9.90. The minimum atomic E-state index is -4.33. The lowest BCUT2D eigenvalue weighted by Gasteiger charge is -2.22. The summed E-state index contributed by atoms with van der Waals surface area (Å²) < 4.78 is 42.4. The monoisotopic (exact) mass is 291 g/mol. The van der Waals surface area contributed by atoms with Crippen LogP contribution in [0.3, 0.4) is 0 Å². The van der Waals surface area contributed by atoms with E-state index in [9.17, 15) is 13.2 Å². The van der Waals surface area contributed by atoms with Crippen molar-refractivity contribution in [3.05, 3.63) is 29.8 Å². The van der Waals surface area contributed by atoms with Gasteiger partial charge in [-0.15, -0.1) is 0 Å². The molecule has 1 rings (SSSR count). The quantitative estimate of drug-likeness (QED) is 0.838. The molecule has 0 aliphatic heterocycles. The number of benzene rings is 1. The van der Waals surface area contributed by atoms with Gasteiger partial charge >= 0.3 is 6.18 Å². The number of halogens is 3. The molecule has 0 bridgehead atoms. The van der Waals surface area contributed by atoms with E-state index in [4.69, 9.17) is 22.7 Å². The number of alkyl halides is 3. The molecule has 0 aromatic heterocycles. The third-order valence-corrected chi connectivity index (χ3v) is 3.40. The molecule has 0 radical (unpaired) electrons. The van der Waals surface area contributed by atoms with E-state index < -0.39 is 11.7 Å². The summed E-state index contributed by atoms with van der Waals surface area (Å²) in [5.74, 6) is 0.395. The average Bonchev–Trinajstić information content (AvgIpc) is 2.28. The molecule has 0 amide bonds. The van der Waals surface area contributed by atoms with Crippen molar-refractivity contribution in [3.8, 4) is 5.75 Å². The second-order valence-electron chi connectivity index (χ2n) is 4.87. The van der Waals surface area contributed by atoms with Gasteiger partial charge in [0, 0.05) is 5.41 Å². The first-order valence-corrected chi connectivity index (χ1v) is 6.14. The van der Waals surface area contributed by atoms with Crippen LogP contribution < -0.4 is 10.5 Å². The Kier molecular flexibility index (Phi) is 4.79. The Morgan fingerprint density at radius 3 is 2.16 bits per heavy atom. The predicted molar refractivity (Wildman–Crippen MR) is 72.1 cm³/mol. The number of thiocarbonyl (C=S) groups is 1. The Morgan fingerprint density at radius 1 is 1.21 bits per heavy atom. The van der Waals surface area contributed by atoms with Crippen LogP contribution in [0, 0.1) is 5.41 Å². The molecule has 6 heteroatoms. The fourth-order valence-corrected chi connectivity index (χ4v) is 1.39. The summed E-state index contributed by atoms with van der Waals surface area (Å²) in [5.41, 5.74) is 4.54. The molecule has 106 valence electrons. The minimum Gasteiger partial charge on any atom is -0.494 e. The molecule has 1 aromatic carbocycles. The van der Waals surface area contributed by atoms with Gasteiger partial charge in [-0.1, -0.05) is 26.1 Å². The molecular formula is C13H16F3NOS. The second kappa shape index (κ2) is 5.77. The summed E-state index contributed by atoms with van der Waals surface area (Å²) >= 11 is 4.92. The highest BCUT2D eigenvalue weighted by molar-refractivity contribution is 7.80. The molecule has 0 saturated carbocycles. The summed E-state index contributed by atoms with van der Waals surface area (Å²) in [6.07, 6.45) is -3.73. The van der Waals surface area contributed by atoms with Crippen molar-refractivity contribution < 1.29 is 17.9 Å². The number of nitrogens with two attached hydrogens (primary N) is 1. The van der Waals surface area contributed by atoms with E-state index >= 15 is 0 Å². The topological polar surface area (TPSA) is 35.2 Å². The lowest BCUT2D eigenvalue weighted by Crippen LogP contribution is -2.31. The summed E-state index contributed by atoms with van der Waals surface area (Å²) in [6, 6.07) is 4.59. The normalized spacial score (nSPS) is 12.3. The molecular weight excluding hydrogens is 275 g/mol. The first-order chi connectivity index (χ1) is 8.63. The standard InChI is InChI=1S/C13H16F3NOS/c1-12(2,11(17)19)7-8-18-10-5-3-9(4-6-10)13(14,15)16/h3-6H,7-8H2,1-2H3,(H2,17,19). The van der Waals surface area contributed by atoms with Crippen molar-refractivity contribution in [2.24, 2.45) is 11.1 Å². The summed E-state index contributed by atoms with van der Waals surface area (Å²) in [6.45, 7) is 4.13. The van der Waals surface area contributed by atoms with E-state index in [1.54, 1.807) is 0 Å². The minimum absolute atomic E-state index is 0.332. The molecule has 19 heavy (non-hydrogen) atoms. The van der Waals surface area contributed by atoms with Crippen molar-refractivity contribution >= 4 is 17.2 Å². The Morgan fingerprint density at radius 2 is 1.74 bits per heavy atom. The van der Waals surface area contributed by atoms with E-state index in [1.165, 1.54) is 12.1 Å². The second-order valence-corrected chi connectivity index (χ2v) is 5.31. The van der Waals surface area contributed by atoms with Gasteiger partial charge in [-0.2, -0.15) is 13.2 Å². The van der Waals surface area contributed by atoms with Crippen LogP contribution in [0.15, 0.2) is 24.3 Å². The SMILES string of the molecule is CC(C)(CCOc1ccc(C(F)(F)F)cc1)C(N)=S. The molecule has 0 unspecified atom stereocenters. The van der Waals surface area contributed by atoms with Gasteiger partial charge in [0.25, 0.3) is 0 Å². The predicted octanol–water partition coefficient (Wildman–Crippen LogP) is 3.79. The first-order valence-electron chi connectivity index (χ1n) is 5.73. The van der Waals surface area contributed by atoms with E-state index in [2.05, 4.69) is 0 Å². The van der Waals surface area contributed by atoms with Gasteiger partial charge in [0.2, 0.25) is 0 Å². The number of hydrogen-bond donors (Lipinski definition) is 1. The molecule has 0 heterocycles. The smallest absolute Gasteiger partial charge is 0.416 e. The van der Waals surface area contributed by atoms with Crippen LogP contribution in [0.2, 0.25) is 0 Å². The largest absolute Gasteiger partial charge is 0.494 e. The van der Waals surface area contributed by atoms with Crippen LogP contribution in [0.5, 0.6) is 5.75 Å². The van der Waals surface area contributed by atoms with Crippen molar-refractivity contribution in [1.29, 1.82) is 0 Å². The maximum atomic E-state index is 12.3. The molecule has 0 saturated heterocycles. The molecule has 0 atom stereocenters. The highest BCUT2D eigenvalue weighted by Crippen LogP contribution is 2.30. The summed E-state index contributed by atoms with van der Waals surface area (Å²) in [7, 11) is 0. The highest BCUT2D eigenvalue weighted by Gasteiger charge is 2.30. The summed E-state index contributed by atoms with van der Waals surface area (Å²) in [4.78, 5) is 0.392. The molecule has 1 aromatic rings. The Balaban J connectivity index is 2.54. The fraction of sp³-hybridized carbons (Fsp3) is 0.462. The van der Waals surface area contributed by atoms with Gasteiger partial charge < -0.3 is 10.5 Å². The van der Waals surface area contributed by atoms with Crippen molar-refractivity contribution in [2.45, 2.75) is 26.4 Å².